The molecule has 0 aliphatic carbocycles. The number of Topliss-reactive ketones (excluding diaryl/α,β-unsaturated/α-hetero) is 1. The SMILES string of the molecule is CC1(C(=O)Cc2cncc(Br)c2)CCCNC1. The molecule has 2 rings (SSSR count). The van der Waals surface area contributed by atoms with Crippen LogP contribution in [-0.4, -0.2) is 23.9 Å². The maximum absolute atomic E-state index is 12.3. The number of halogens is 1. The summed E-state index contributed by atoms with van der Waals surface area (Å²) in [5, 5.41) is 3.31. The van der Waals surface area contributed by atoms with Gasteiger partial charge < -0.3 is 5.32 Å². The summed E-state index contributed by atoms with van der Waals surface area (Å²) < 4.78 is 0.926. The number of hydrogen-bond acceptors (Lipinski definition) is 3. The Morgan fingerprint density at radius 3 is 3.06 bits per heavy atom. The Balaban J connectivity index is 2.05. The van der Waals surface area contributed by atoms with Crippen LogP contribution in [0.1, 0.15) is 25.3 Å². The summed E-state index contributed by atoms with van der Waals surface area (Å²) in [5.41, 5.74) is 0.775. The highest BCUT2D eigenvalue weighted by Gasteiger charge is 2.33. The first-order chi connectivity index (χ1) is 8.10. The van der Waals surface area contributed by atoms with E-state index >= 15 is 0 Å². The van der Waals surface area contributed by atoms with E-state index in [0.29, 0.717) is 12.2 Å². The smallest absolute Gasteiger partial charge is 0.144 e. The zero-order valence-electron chi connectivity index (χ0n) is 10.0. The van der Waals surface area contributed by atoms with Gasteiger partial charge in [0.15, 0.2) is 0 Å². The minimum atomic E-state index is -0.208. The second-order valence-corrected chi connectivity index (χ2v) is 5.87. The Labute approximate surface area is 110 Å². The number of nitrogens with zero attached hydrogens (tertiary/aromatic N) is 1. The van der Waals surface area contributed by atoms with Gasteiger partial charge in [-0.15, -0.1) is 0 Å². The lowest BCUT2D eigenvalue weighted by Crippen LogP contribution is -2.44. The zero-order chi connectivity index (χ0) is 12.3. The van der Waals surface area contributed by atoms with E-state index in [1.54, 1.807) is 12.4 Å². The Hall–Kier alpha value is -0.740. The normalized spacial score (nSPS) is 24.6. The summed E-state index contributed by atoms with van der Waals surface area (Å²) in [6.07, 6.45) is 6.05. The summed E-state index contributed by atoms with van der Waals surface area (Å²) >= 11 is 3.38. The Bertz CT molecular complexity index is 414. The van der Waals surface area contributed by atoms with Crippen LogP contribution in [-0.2, 0) is 11.2 Å². The van der Waals surface area contributed by atoms with Crippen molar-refractivity contribution in [3.63, 3.8) is 0 Å². The molecule has 1 saturated heterocycles. The number of piperidine rings is 1. The number of pyridine rings is 1. The van der Waals surface area contributed by atoms with Crippen molar-refractivity contribution in [2.45, 2.75) is 26.2 Å². The summed E-state index contributed by atoms with van der Waals surface area (Å²) in [6, 6.07) is 1.96. The first-order valence-corrected chi connectivity index (χ1v) is 6.73. The lowest BCUT2D eigenvalue weighted by atomic mass is 9.77. The van der Waals surface area contributed by atoms with Gasteiger partial charge >= 0.3 is 0 Å². The van der Waals surface area contributed by atoms with E-state index in [9.17, 15) is 4.79 Å². The molecule has 1 aliphatic heterocycles. The van der Waals surface area contributed by atoms with Crippen LogP contribution in [0.4, 0.5) is 0 Å². The van der Waals surface area contributed by atoms with Crippen molar-refractivity contribution in [3.05, 3.63) is 28.5 Å². The number of hydrogen-bond donors (Lipinski definition) is 1. The Morgan fingerprint density at radius 1 is 1.59 bits per heavy atom. The average Bonchev–Trinajstić information content (AvgIpc) is 2.30. The van der Waals surface area contributed by atoms with Gasteiger partial charge in [-0.25, -0.2) is 0 Å². The van der Waals surface area contributed by atoms with E-state index < -0.39 is 0 Å². The highest BCUT2D eigenvalue weighted by atomic mass is 79.9. The Kier molecular flexibility index (Phi) is 3.94. The molecule has 1 fully saturated rings. The van der Waals surface area contributed by atoms with Gasteiger partial charge in [-0.1, -0.05) is 6.92 Å². The van der Waals surface area contributed by atoms with E-state index in [2.05, 4.69) is 33.2 Å². The minimum absolute atomic E-state index is 0.208. The third kappa shape index (κ3) is 3.13. The van der Waals surface area contributed by atoms with Gasteiger partial charge in [0.2, 0.25) is 0 Å². The number of carbonyl (C=O) groups excluding carboxylic acids is 1. The van der Waals surface area contributed by atoms with E-state index in [4.69, 9.17) is 0 Å². The third-order valence-electron chi connectivity index (χ3n) is 3.40. The zero-order valence-corrected chi connectivity index (χ0v) is 11.6. The molecule has 1 atom stereocenters. The van der Waals surface area contributed by atoms with E-state index in [1.165, 1.54) is 0 Å². The quantitative estimate of drug-likeness (QED) is 0.931. The van der Waals surface area contributed by atoms with Gasteiger partial charge in [0.25, 0.3) is 0 Å². The molecule has 3 nitrogen and oxygen atoms in total. The summed E-state index contributed by atoms with van der Waals surface area (Å²) in [6.45, 7) is 3.89. The van der Waals surface area contributed by atoms with Crippen LogP contribution >= 0.6 is 15.9 Å². The fourth-order valence-electron chi connectivity index (χ4n) is 2.25. The molecule has 1 aromatic rings. The molecule has 0 spiro atoms. The van der Waals surface area contributed by atoms with Crippen LogP contribution in [0.25, 0.3) is 0 Å². The molecule has 0 bridgehead atoms. The van der Waals surface area contributed by atoms with Crippen molar-refractivity contribution in [1.29, 1.82) is 0 Å². The van der Waals surface area contributed by atoms with Crippen LogP contribution in [0.15, 0.2) is 22.9 Å². The molecule has 92 valence electrons. The molecule has 1 aliphatic rings. The van der Waals surface area contributed by atoms with Crippen LogP contribution in [0.2, 0.25) is 0 Å². The topological polar surface area (TPSA) is 42.0 Å². The number of rotatable bonds is 3. The maximum Gasteiger partial charge on any atom is 0.144 e. The van der Waals surface area contributed by atoms with Crippen LogP contribution in [0.3, 0.4) is 0 Å². The summed E-state index contributed by atoms with van der Waals surface area (Å²) in [4.78, 5) is 16.4. The molecule has 0 amide bonds. The van der Waals surface area contributed by atoms with Crippen molar-refractivity contribution in [1.82, 2.24) is 10.3 Å². The number of carbonyl (C=O) groups is 1. The van der Waals surface area contributed by atoms with Crippen molar-refractivity contribution in [3.8, 4) is 0 Å². The second-order valence-electron chi connectivity index (χ2n) is 4.95. The van der Waals surface area contributed by atoms with Crippen molar-refractivity contribution in [2.24, 2.45) is 5.41 Å². The molecule has 2 heterocycles. The predicted octanol–water partition coefficient (Wildman–Crippen LogP) is 2.35. The molecule has 1 unspecified atom stereocenters. The molecule has 1 aromatic heterocycles. The lowest BCUT2D eigenvalue weighted by Gasteiger charge is -2.32. The molecule has 0 saturated carbocycles. The van der Waals surface area contributed by atoms with Gasteiger partial charge in [-0.3, -0.25) is 9.78 Å². The van der Waals surface area contributed by atoms with Gasteiger partial charge in [0.1, 0.15) is 5.78 Å². The molecular weight excluding hydrogens is 280 g/mol. The third-order valence-corrected chi connectivity index (χ3v) is 3.83. The molecule has 17 heavy (non-hydrogen) atoms. The highest BCUT2D eigenvalue weighted by molar-refractivity contribution is 9.10. The molecule has 0 aromatic carbocycles. The highest BCUT2D eigenvalue weighted by Crippen LogP contribution is 2.28. The standard InChI is InChI=1S/C13H17BrN2O/c1-13(3-2-4-15-9-13)12(17)6-10-5-11(14)8-16-7-10/h5,7-8,15H,2-4,6,9H2,1H3. The maximum atomic E-state index is 12.3. The van der Waals surface area contributed by atoms with Crippen LogP contribution < -0.4 is 5.32 Å². The molecule has 1 N–H and O–H groups in total. The molecule has 4 heteroatoms. The van der Waals surface area contributed by atoms with Crippen LogP contribution in [0, 0.1) is 5.41 Å². The first-order valence-electron chi connectivity index (χ1n) is 5.94. The van der Waals surface area contributed by atoms with E-state index in [1.807, 2.05) is 6.07 Å². The van der Waals surface area contributed by atoms with Crippen LogP contribution in [0.5, 0.6) is 0 Å². The second kappa shape index (κ2) is 5.27. The molecular formula is C13H17BrN2O. The Morgan fingerprint density at radius 2 is 2.41 bits per heavy atom. The van der Waals surface area contributed by atoms with Gasteiger partial charge in [-0.2, -0.15) is 0 Å². The van der Waals surface area contributed by atoms with Gasteiger partial charge in [0.05, 0.1) is 0 Å². The fraction of sp³-hybridized carbons (Fsp3) is 0.538. The number of ketones is 1. The monoisotopic (exact) mass is 296 g/mol. The lowest BCUT2D eigenvalue weighted by molar-refractivity contribution is -0.128. The van der Waals surface area contributed by atoms with Crippen molar-refractivity contribution in [2.75, 3.05) is 13.1 Å². The van der Waals surface area contributed by atoms with Gasteiger partial charge in [0, 0.05) is 35.2 Å². The first kappa shape index (κ1) is 12.7. The fourth-order valence-corrected chi connectivity index (χ4v) is 2.66. The summed E-state index contributed by atoms with van der Waals surface area (Å²) in [7, 11) is 0. The average molecular weight is 297 g/mol. The van der Waals surface area contributed by atoms with Gasteiger partial charge in [-0.05, 0) is 46.9 Å². The van der Waals surface area contributed by atoms with Crippen molar-refractivity contribution < 1.29 is 4.79 Å². The number of nitrogens with one attached hydrogen (secondary N) is 1. The predicted molar refractivity (Wildman–Crippen MR) is 70.9 cm³/mol. The largest absolute Gasteiger partial charge is 0.316 e. The summed E-state index contributed by atoms with van der Waals surface area (Å²) in [5.74, 6) is 0.310. The van der Waals surface area contributed by atoms with Crippen molar-refractivity contribution >= 4 is 21.7 Å². The number of aromatic nitrogens is 1. The molecule has 0 radical (unpaired) electrons. The van der Waals surface area contributed by atoms with E-state index in [-0.39, 0.29) is 5.41 Å². The van der Waals surface area contributed by atoms with E-state index in [0.717, 1.165) is 36.0 Å². The minimum Gasteiger partial charge on any atom is -0.316 e.